The number of thiocarbonyl (C=S) groups is 1. The van der Waals surface area contributed by atoms with Crippen molar-refractivity contribution in [1.82, 2.24) is 14.4 Å². The van der Waals surface area contributed by atoms with Crippen LogP contribution >= 0.6 is 24.0 Å². The summed E-state index contributed by atoms with van der Waals surface area (Å²) in [5, 5.41) is 9.82. The largest absolute Gasteiger partial charge is 0.355 e. The molecule has 2 aliphatic rings. The Morgan fingerprint density at radius 1 is 1.03 bits per heavy atom. The molecule has 1 amide bonds. The molecular formula is C26H37N5O2S2. The number of nitriles is 1. The number of hydrogen-bond acceptors (Lipinski definition) is 7. The molecule has 3 heterocycles. The second kappa shape index (κ2) is 12.7. The number of rotatable bonds is 10. The number of hydrogen-bond donors (Lipinski definition) is 0. The van der Waals surface area contributed by atoms with E-state index in [1.54, 1.807) is 9.47 Å². The molecule has 0 bridgehead atoms. The maximum atomic E-state index is 13.3. The van der Waals surface area contributed by atoms with E-state index in [2.05, 4.69) is 29.7 Å². The van der Waals surface area contributed by atoms with Gasteiger partial charge in [-0.1, -0.05) is 64.0 Å². The summed E-state index contributed by atoms with van der Waals surface area (Å²) in [5.41, 5.74) is 1.31. The zero-order chi connectivity index (χ0) is 25.5. The van der Waals surface area contributed by atoms with Crippen LogP contribution in [0.3, 0.4) is 0 Å². The van der Waals surface area contributed by atoms with Crippen molar-refractivity contribution in [3.63, 3.8) is 0 Å². The van der Waals surface area contributed by atoms with Crippen LogP contribution in [0.4, 0.5) is 5.82 Å². The summed E-state index contributed by atoms with van der Waals surface area (Å²) < 4.78 is 2.32. The number of thioether (sulfide) groups is 1. The molecule has 0 atom stereocenters. The van der Waals surface area contributed by atoms with Gasteiger partial charge in [-0.05, 0) is 37.9 Å². The van der Waals surface area contributed by atoms with Gasteiger partial charge in [-0.25, -0.2) is 0 Å². The number of likely N-dealkylation sites (N-methyl/N-ethyl adjacent to an activating group) is 1. The van der Waals surface area contributed by atoms with E-state index in [0.717, 1.165) is 76.2 Å². The smallest absolute Gasteiger partial charge is 0.270 e. The third-order valence-electron chi connectivity index (χ3n) is 6.80. The lowest BCUT2D eigenvalue weighted by molar-refractivity contribution is -0.122. The first-order valence-corrected chi connectivity index (χ1v) is 14.0. The number of nitrogens with zero attached hydrogens (tertiary/aromatic N) is 5. The summed E-state index contributed by atoms with van der Waals surface area (Å²) in [5.74, 6) is 0.738. The monoisotopic (exact) mass is 515 g/mol. The fraction of sp³-hybridized carbons (Fsp3) is 0.615. The van der Waals surface area contributed by atoms with Crippen LogP contribution in [-0.2, 0) is 11.3 Å². The topological polar surface area (TPSA) is 72.6 Å². The molecule has 0 saturated carbocycles. The lowest BCUT2D eigenvalue weighted by atomic mass is 10.0. The van der Waals surface area contributed by atoms with Gasteiger partial charge in [0.1, 0.15) is 21.8 Å². The summed E-state index contributed by atoms with van der Waals surface area (Å²) in [6.45, 7) is 13.7. The van der Waals surface area contributed by atoms with Crippen molar-refractivity contribution in [2.24, 2.45) is 0 Å². The van der Waals surface area contributed by atoms with E-state index in [1.807, 2.05) is 19.9 Å². The van der Waals surface area contributed by atoms with Crippen LogP contribution in [0.1, 0.15) is 69.6 Å². The molecule has 0 radical (unpaired) electrons. The van der Waals surface area contributed by atoms with Crippen LogP contribution < -0.4 is 10.5 Å². The van der Waals surface area contributed by atoms with Gasteiger partial charge in [-0.3, -0.25) is 19.1 Å². The van der Waals surface area contributed by atoms with Crippen molar-refractivity contribution in [2.75, 3.05) is 44.2 Å². The van der Waals surface area contributed by atoms with E-state index in [-0.39, 0.29) is 17.0 Å². The lowest BCUT2D eigenvalue weighted by Gasteiger charge is -2.37. The quantitative estimate of drug-likeness (QED) is 0.260. The summed E-state index contributed by atoms with van der Waals surface area (Å²) in [6.07, 6.45) is 6.94. The summed E-state index contributed by atoms with van der Waals surface area (Å²) >= 11 is 6.86. The zero-order valence-corrected chi connectivity index (χ0v) is 23.1. The third-order valence-corrected chi connectivity index (χ3v) is 8.17. The van der Waals surface area contributed by atoms with Gasteiger partial charge in [-0.15, -0.1) is 0 Å². The predicted octanol–water partition coefficient (Wildman–Crippen LogP) is 4.36. The number of carbonyl (C=O) groups excluding carboxylic acids is 1. The SMILES string of the molecule is CCCCCCN1C(=O)/C(=C\c2c(C)c(C#N)c(=O)n(CCC)c2N2CCN(CC)CC2)SC1=S. The van der Waals surface area contributed by atoms with Crippen LogP contribution in [-0.4, -0.2) is 63.9 Å². The van der Waals surface area contributed by atoms with Crippen molar-refractivity contribution >= 4 is 46.1 Å². The number of anilines is 1. The van der Waals surface area contributed by atoms with E-state index >= 15 is 0 Å². The summed E-state index contributed by atoms with van der Waals surface area (Å²) in [6, 6.07) is 2.13. The Hall–Kier alpha value is -2.15. The third kappa shape index (κ3) is 5.99. The van der Waals surface area contributed by atoms with Gasteiger partial charge in [-0.2, -0.15) is 5.26 Å². The molecule has 190 valence electrons. The van der Waals surface area contributed by atoms with E-state index < -0.39 is 0 Å². The maximum Gasteiger partial charge on any atom is 0.270 e. The molecule has 1 aromatic rings. The van der Waals surface area contributed by atoms with E-state index in [4.69, 9.17) is 12.2 Å². The number of piperazine rings is 1. The first kappa shape index (κ1) is 27.4. The molecule has 0 aromatic carbocycles. The zero-order valence-electron chi connectivity index (χ0n) is 21.4. The van der Waals surface area contributed by atoms with Crippen molar-refractivity contribution in [2.45, 2.75) is 66.3 Å². The van der Waals surface area contributed by atoms with Crippen molar-refractivity contribution in [3.05, 3.63) is 31.9 Å². The molecule has 9 heteroatoms. The van der Waals surface area contributed by atoms with E-state index in [1.165, 1.54) is 11.8 Å². The van der Waals surface area contributed by atoms with E-state index in [0.29, 0.717) is 27.9 Å². The van der Waals surface area contributed by atoms with Crippen molar-refractivity contribution < 1.29 is 4.79 Å². The molecule has 1 aromatic heterocycles. The van der Waals surface area contributed by atoms with Gasteiger partial charge in [0.25, 0.3) is 11.5 Å². The number of unbranched alkanes of at least 4 members (excludes halogenated alkanes) is 3. The second-order valence-electron chi connectivity index (χ2n) is 9.12. The van der Waals surface area contributed by atoms with Gasteiger partial charge in [0.2, 0.25) is 0 Å². The van der Waals surface area contributed by atoms with Crippen LogP contribution in [0.2, 0.25) is 0 Å². The minimum Gasteiger partial charge on any atom is -0.355 e. The molecule has 2 fully saturated rings. The first-order valence-electron chi connectivity index (χ1n) is 12.8. The van der Waals surface area contributed by atoms with Gasteiger partial charge in [0.15, 0.2) is 0 Å². The summed E-state index contributed by atoms with van der Waals surface area (Å²) in [4.78, 5) is 33.5. The second-order valence-corrected chi connectivity index (χ2v) is 10.8. The maximum absolute atomic E-state index is 13.3. The van der Waals surface area contributed by atoms with Crippen molar-refractivity contribution in [3.8, 4) is 6.07 Å². The number of carbonyl (C=O) groups is 1. The van der Waals surface area contributed by atoms with Gasteiger partial charge in [0.05, 0.1) is 4.91 Å². The Bertz CT molecular complexity index is 1080. The normalized spacial score (nSPS) is 18.1. The number of pyridine rings is 1. The molecule has 35 heavy (non-hydrogen) atoms. The van der Waals surface area contributed by atoms with E-state index in [9.17, 15) is 14.9 Å². The predicted molar refractivity (Wildman–Crippen MR) is 149 cm³/mol. The van der Waals surface area contributed by atoms with Crippen LogP contribution in [0, 0.1) is 18.3 Å². The Balaban J connectivity index is 2.07. The molecular weight excluding hydrogens is 478 g/mol. The molecule has 2 aliphatic heterocycles. The Morgan fingerprint density at radius 3 is 2.34 bits per heavy atom. The minimum atomic E-state index is -0.250. The van der Waals surface area contributed by atoms with Crippen LogP contribution in [0.5, 0.6) is 0 Å². The molecule has 7 nitrogen and oxygen atoms in total. The van der Waals surface area contributed by atoms with Crippen LogP contribution in [0.15, 0.2) is 9.70 Å². The number of aromatic nitrogens is 1. The molecule has 3 rings (SSSR count). The van der Waals surface area contributed by atoms with Gasteiger partial charge >= 0.3 is 0 Å². The average molecular weight is 516 g/mol. The standard InChI is InChI=1S/C26H37N5O2S2/c1-5-8-9-10-12-31-25(33)22(35-26(31)34)17-20-19(4)21(18-27)24(32)30(11-6-2)23(20)29-15-13-28(7-3)14-16-29/h17H,5-16H2,1-4H3/b22-17+. The number of amides is 1. The highest BCUT2D eigenvalue weighted by atomic mass is 32.2. The first-order chi connectivity index (χ1) is 16.9. The highest BCUT2D eigenvalue weighted by Crippen LogP contribution is 2.36. The minimum absolute atomic E-state index is 0.0793. The highest BCUT2D eigenvalue weighted by molar-refractivity contribution is 8.26. The Kier molecular flexibility index (Phi) is 9.96. The molecule has 0 aliphatic carbocycles. The molecule has 0 spiro atoms. The fourth-order valence-corrected chi connectivity index (χ4v) is 6.00. The molecule has 0 N–H and O–H groups in total. The summed E-state index contributed by atoms with van der Waals surface area (Å²) in [7, 11) is 0. The van der Waals surface area contributed by atoms with Crippen molar-refractivity contribution in [1.29, 1.82) is 5.26 Å². The average Bonchev–Trinajstić information content (AvgIpc) is 3.12. The fourth-order valence-electron chi connectivity index (χ4n) is 4.71. The highest BCUT2D eigenvalue weighted by Gasteiger charge is 2.33. The van der Waals surface area contributed by atoms with Gasteiger partial charge < -0.3 is 9.80 Å². The molecule has 2 saturated heterocycles. The molecule has 0 unspecified atom stereocenters. The Labute approximate surface area is 218 Å². The van der Waals surface area contributed by atoms with Gasteiger partial charge in [0, 0.05) is 44.8 Å². The lowest BCUT2D eigenvalue weighted by Crippen LogP contribution is -2.48. The van der Waals surface area contributed by atoms with Crippen LogP contribution in [0.25, 0.3) is 6.08 Å². The Morgan fingerprint density at radius 2 is 1.74 bits per heavy atom.